The van der Waals surface area contributed by atoms with Crippen LogP contribution in [0.3, 0.4) is 0 Å². The molecule has 1 heterocycles. The Morgan fingerprint density at radius 1 is 1.16 bits per heavy atom. The number of carbonyl (C=O) groups excluding carboxylic acids is 2. The second-order valence-electron chi connectivity index (χ2n) is 7.25. The predicted octanol–water partition coefficient (Wildman–Crippen LogP) is 4.26. The molecule has 1 N–H and O–H groups in total. The lowest BCUT2D eigenvalue weighted by atomic mass is 9.95. The summed E-state index contributed by atoms with van der Waals surface area (Å²) in [6.45, 7) is 0.506. The topological polar surface area (TPSA) is 102 Å². The maximum Gasteiger partial charge on any atom is 0.416 e. The average Bonchev–Trinajstić information content (AvgIpc) is 2.78. The van der Waals surface area contributed by atoms with E-state index in [-0.39, 0.29) is 30.2 Å². The first-order valence-electron chi connectivity index (χ1n) is 9.70. The third kappa shape index (κ3) is 4.98. The molecule has 0 radical (unpaired) electrons. The van der Waals surface area contributed by atoms with E-state index < -0.39 is 34.2 Å². The fourth-order valence-electron chi connectivity index (χ4n) is 3.61. The molecule has 0 aliphatic carbocycles. The number of amides is 1. The highest BCUT2D eigenvalue weighted by molar-refractivity contribution is 6.01. The van der Waals surface area contributed by atoms with Gasteiger partial charge in [-0.15, -0.1) is 0 Å². The molecular formula is C21H20F3N3O5. The zero-order chi connectivity index (χ0) is 23.5. The lowest BCUT2D eigenvalue weighted by molar-refractivity contribution is -0.384. The summed E-state index contributed by atoms with van der Waals surface area (Å²) in [5.41, 5.74) is -1.12. The molecule has 0 saturated carbocycles. The van der Waals surface area contributed by atoms with Crippen LogP contribution in [0, 0.1) is 16.0 Å². The SMILES string of the molecule is COC(=O)c1ccccc1NC(=O)C1CCN(c2ccc(C(F)(F)F)cc2[N+](=O)[O-])CC1. The number of methoxy groups -OCH3 is 1. The average molecular weight is 451 g/mol. The van der Waals surface area contributed by atoms with Crippen LogP contribution in [0.2, 0.25) is 0 Å². The Balaban J connectivity index is 1.70. The van der Waals surface area contributed by atoms with Crippen LogP contribution in [0.1, 0.15) is 28.8 Å². The minimum atomic E-state index is -4.69. The molecule has 1 aliphatic rings. The number of esters is 1. The molecule has 170 valence electrons. The number of alkyl halides is 3. The molecule has 32 heavy (non-hydrogen) atoms. The molecule has 3 rings (SSSR count). The summed E-state index contributed by atoms with van der Waals surface area (Å²) in [7, 11) is 1.23. The molecule has 0 spiro atoms. The molecule has 1 fully saturated rings. The number of nitrogens with zero attached hydrogens (tertiary/aromatic N) is 2. The van der Waals surface area contributed by atoms with Crippen molar-refractivity contribution in [1.29, 1.82) is 0 Å². The first kappa shape index (κ1) is 23.0. The Morgan fingerprint density at radius 2 is 1.81 bits per heavy atom. The number of para-hydroxylation sites is 1. The summed E-state index contributed by atoms with van der Waals surface area (Å²) in [6.07, 6.45) is -4.01. The lowest BCUT2D eigenvalue weighted by Crippen LogP contribution is -2.38. The quantitative estimate of drug-likeness (QED) is 0.414. The number of piperidine rings is 1. The highest BCUT2D eigenvalue weighted by atomic mass is 19.4. The molecule has 8 nitrogen and oxygen atoms in total. The number of benzene rings is 2. The second kappa shape index (κ2) is 9.25. The van der Waals surface area contributed by atoms with Crippen molar-refractivity contribution in [3.8, 4) is 0 Å². The summed E-state index contributed by atoms with van der Waals surface area (Å²) >= 11 is 0. The number of anilines is 2. The Kier molecular flexibility index (Phi) is 6.66. The number of hydrogen-bond donors (Lipinski definition) is 1. The Hall–Kier alpha value is -3.63. The first-order valence-corrected chi connectivity index (χ1v) is 9.70. The minimum Gasteiger partial charge on any atom is -0.465 e. The molecule has 0 bridgehead atoms. The maximum absolute atomic E-state index is 12.9. The van der Waals surface area contributed by atoms with Gasteiger partial charge in [-0.1, -0.05) is 12.1 Å². The van der Waals surface area contributed by atoms with Crippen molar-refractivity contribution in [2.45, 2.75) is 19.0 Å². The fourth-order valence-corrected chi connectivity index (χ4v) is 3.61. The third-order valence-electron chi connectivity index (χ3n) is 5.30. The molecule has 11 heteroatoms. The van der Waals surface area contributed by atoms with Gasteiger partial charge in [0.1, 0.15) is 5.69 Å². The Bertz CT molecular complexity index is 1030. The highest BCUT2D eigenvalue weighted by Gasteiger charge is 2.35. The normalized spacial score (nSPS) is 14.7. The highest BCUT2D eigenvalue weighted by Crippen LogP contribution is 2.37. The van der Waals surface area contributed by atoms with Crippen molar-refractivity contribution < 1.29 is 32.4 Å². The summed E-state index contributed by atoms with van der Waals surface area (Å²) in [5, 5.41) is 14.1. The van der Waals surface area contributed by atoms with Crippen molar-refractivity contribution in [2.24, 2.45) is 5.92 Å². The van der Waals surface area contributed by atoms with Gasteiger partial charge in [-0.05, 0) is 37.1 Å². The van der Waals surface area contributed by atoms with E-state index in [1.165, 1.54) is 13.2 Å². The van der Waals surface area contributed by atoms with Gasteiger partial charge in [0.15, 0.2) is 0 Å². The summed E-state index contributed by atoms with van der Waals surface area (Å²) in [4.78, 5) is 36.7. The van der Waals surface area contributed by atoms with Crippen LogP contribution in [-0.2, 0) is 15.7 Å². The van der Waals surface area contributed by atoms with E-state index in [1.54, 1.807) is 23.1 Å². The van der Waals surface area contributed by atoms with Gasteiger partial charge in [-0.2, -0.15) is 13.2 Å². The van der Waals surface area contributed by atoms with Gasteiger partial charge >= 0.3 is 12.1 Å². The summed E-state index contributed by atoms with van der Waals surface area (Å²) in [5.74, 6) is -1.33. The molecule has 0 unspecified atom stereocenters. The van der Waals surface area contributed by atoms with Gasteiger partial charge in [0.25, 0.3) is 5.69 Å². The van der Waals surface area contributed by atoms with Gasteiger partial charge < -0.3 is 15.0 Å². The van der Waals surface area contributed by atoms with Crippen molar-refractivity contribution in [3.63, 3.8) is 0 Å². The number of ether oxygens (including phenoxy) is 1. The van der Waals surface area contributed by atoms with E-state index in [0.29, 0.717) is 24.6 Å². The summed E-state index contributed by atoms with van der Waals surface area (Å²) in [6, 6.07) is 8.82. The van der Waals surface area contributed by atoms with Crippen LogP contribution in [0.15, 0.2) is 42.5 Å². The van der Waals surface area contributed by atoms with Crippen LogP contribution in [0.5, 0.6) is 0 Å². The van der Waals surface area contributed by atoms with E-state index in [1.807, 2.05) is 0 Å². The molecule has 0 aromatic heterocycles. The van der Waals surface area contributed by atoms with E-state index >= 15 is 0 Å². The molecule has 1 aliphatic heterocycles. The lowest BCUT2D eigenvalue weighted by Gasteiger charge is -2.32. The monoisotopic (exact) mass is 451 g/mol. The van der Waals surface area contributed by atoms with Crippen LogP contribution in [0.25, 0.3) is 0 Å². The van der Waals surface area contributed by atoms with E-state index in [0.717, 1.165) is 12.1 Å². The number of rotatable bonds is 5. The zero-order valence-electron chi connectivity index (χ0n) is 17.0. The minimum absolute atomic E-state index is 0.0814. The molecule has 2 aromatic rings. The molecule has 1 amide bonds. The van der Waals surface area contributed by atoms with Crippen LogP contribution in [-0.4, -0.2) is 37.0 Å². The number of nitro benzene ring substituents is 1. The number of carbonyl (C=O) groups is 2. The van der Waals surface area contributed by atoms with E-state index in [2.05, 4.69) is 5.32 Å². The van der Waals surface area contributed by atoms with Crippen molar-refractivity contribution in [3.05, 3.63) is 63.7 Å². The second-order valence-corrected chi connectivity index (χ2v) is 7.25. The number of hydrogen-bond acceptors (Lipinski definition) is 6. The van der Waals surface area contributed by atoms with Gasteiger partial charge in [0, 0.05) is 25.1 Å². The largest absolute Gasteiger partial charge is 0.465 e. The predicted molar refractivity (Wildman–Crippen MR) is 109 cm³/mol. The van der Waals surface area contributed by atoms with Crippen molar-refractivity contribution in [1.82, 2.24) is 0 Å². The van der Waals surface area contributed by atoms with Gasteiger partial charge in [0.2, 0.25) is 5.91 Å². The van der Waals surface area contributed by atoms with Gasteiger partial charge in [-0.3, -0.25) is 14.9 Å². The molecular weight excluding hydrogens is 431 g/mol. The Labute approximate surface area is 181 Å². The zero-order valence-corrected chi connectivity index (χ0v) is 17.0. The van der Waals surface area contributed by atoms with Gasteiger partial charge in [0.05, 0.1) is 28.8 Å². The van der Waals surface area contributed by atoms with Crippen LogP contribution >= 0.6 is 0 Å². The number of nitro groups is 1. The maximum atomic E-state index is 12.9. The standard InChI is InChI=1S/C21H20F3N3O5/c1-32-20(29)15-4-2-3-5-16(15)25-19(28)13-8-10-26(11-9-13)17-7-6-14(21(22,23)24)12-18(17)27(30)31/h2-7,12-13H,8-11H2,1H3,(H,25,28). The van der Waals surface area contributed by atoms with Crippen molar-refractivity contribution >= 4 is 28.9 Å². The smallest absolute Gasteiger partial charge is 0.416 e. The third-order valence-corrected chi connectivity index (χ3v) is 5.30. The molecule has 1 saturated heterocycles. The molecule has 0 atom stereocenters. The number of nitrogens with one attached hydrogen (secondary N) is 1. The van der Waals surface area contributed by atoms with E-state index in [4.69, 9.17) is 4.74 Å². The Morgan fingerprint density at radius 3 is 2.41 bits per heavy atom. The number of halogens is 3. The fraction of sp³-hybridized carbons (Fsp3) is 0.333. The first-order chi connectivity index (χ1) is 15.1. The van der Waals surface area contributed by atoms with Crippen LogP contribution in [0.4, 0.5) is 30.2 Å². The van der Waals surface area contributed by atoms with Gasteiger partial charge in [-0.25, -0.2) is 4.79 Å². The van der Waals surface area contributed by atoms with Crippen LogP contribution < -0.4 is 10.2 Å². The van der Waals surface area contributed by atoms with E-state index in [9.17, 15) is 32.9 Å². The summed E-state index contributed by atoms with van der Waals surface area (Å²) < 4.78 is 43.5. The van der Waals surface area contributed by atoms with Crippen molar-refractivity contribution in [2.75, 3.05) is 30.4 Å². The molecule has 2 aromatic carbocycles.